The van der Waals surface area contributed by atoms with Gasteiger partial charge in [0.05, 0.1) is 0 Å². The summed E-state index contributed by atoms with van der Waals surface area (Å²) in [6.45, 7) is 0.743. The van der Waals surface area contributed by atoms with E-state index in [4.69, 9.17) is 0 Å². The Morgan fingerprint density at radius 1 is 0.963 bits per heavy atom. The van der Waals surface area contributed by atoms with Crippen molar-refractivity contribution in [2.75, 3.05) is 11.9 Å². The minimum atomic E-state index is -0.0425. The molecule has 0 atom stereocenters. The van der Waals surface area contributed by atoms with E-state index in [-0.39, 0.29) is 11.3 Å². The molecule has 5 heteroatoms. The predicted molar refractivity (Wildman–Crippen MR) is 105 cm³/mol. The number of carbonyl (C=O) groups excluding carboxylic acids is 2. The second kappa shape index (κ2) is 7.99. The maximum atomic E-state index is 12.9. The maximum Gasteiger partial charge on any atom is 0.226 e. The zero-order valence-electron chi connectivity index (χ0n) is 16.1. The van der Waals surface area contributed by atoms with Crippen LogP contribution in [0.1, 0.15) is 64.2 Å². The summed E-state index contributed by atoms with van der Waals surface area (Å²) in [5.41, 5.74) is 0.747. The molecule has 0 saturated heterocycles. The number of hydrogen-bond donors (Lipinski definition) is 2. The highest BCUT2D eigenvalue weighted by atomic mass is 16.2. The van der Waals surface area contributed by atoms with Crippen molar-refractivity contribution in [3.8, 4) is 0 Å². The zero-order valence-corrected chi connectivity index (χ0v) is 16.1. The highest BCUT2D eigenvalue weighted by molar-refractivity contribution is 5.90. The fourth-order valence-electron chi connectivity index (χ4n) is 6.02. The van der Waals surface area contributed by atoms with Gasteiger partial charge in [0, 0.05) is 36.5 Å². The third-order valence-electron chi connectivity index (χ3n) is 6.85. The van der Waals surface area contributed by atoms with Gasteiger partial charge in [0.2, 0.25) is 11.8 Å². The van der Waals surface area contributed by atoms with Crippen LogP contribution in [0.4, 0.5) is 5.69 Å². The maximum absolute atomic E-state index is 12.9. The van der Waals surface area contributed by atoms with Crippen molar-refractivity contribution in [1.29, 1.82) is 0 Å². The van der Waals surface area contributed by atoms with Gasteiger partial charge in [-0.3, -0.25) is 14.6 Å². The van der Waals surface area contributed by atoms with E-state index in [1.165, 1.54) is 19.3 Å². The molecule has 1 aromatic heterocycles. The summed E-state index contributed by atoms with van der Waals surface area (Å²) in [6, 6.07) is 3.58. The van der Waals surface area contributed by atoms with Gasteiger partial charge in [-0.15, -0.1) is 0 Å². The lowest BCUT2D eigenvalue weighted by atomic mass is 9.49. The molecule has 4 aliphatic rings. The standard InChI is InChI=1S/C22H31N3O2/c26-20(25-19-5-8-23-9-6-19)4-2-1-3-7-24-21(27)22-13-16-10-17(14-22)12-18(11-16)15-22/h5-6,8-9,16-18H,1-4,7,10-15H2,(H,24,27)(H,23,25,26). The summed E-state index contributed by atoms with van der Waals surface area (Å²) in [5.74, 6) is 2.78. The van der Waals surface area contributed by atoms with Crippen molar-refractivity contribution >= 4 is 17.5 Å². The topological polar surface area (TPSA) is 71.1 Å². The predicted octanol–water partition coefficient (Wildman–Crippen LogP) is 3.91. The van der Waals surface area contributed by atoms with E-state index in [2.05, 4.69) is 15.6 Å². The number of nitrogens with one attached hydrogen (secondary N) is 2. The molecular weight excluding hydrogens is 338 g/mol. The third-order valence-corrected chi connectivity index (χ3v) is 6.85. The highest BCUT2D eigenvalue weighted by Gasteiger charge is 2.54. The highest BCUT2D eigenvalue weighted by Crippen LogP contribution is 2.60. The Kier molecular flexibility index (Phi) is 5.46. The van der Waals surface area contributed by atoms with Crippen LogP contribution in [0.25, 0.3) is 0 Å². The summed E-state index contributed by atoms with van der Waals surface area (Å²) in [4.78, 5) is 28.7. The smallest absolute Gasteiger partial charge is 0.226 e. The molecule has 4 bridgehead atoms. The van der Waals surface area contributed by atoms with Crippen LogP contribution in [-0.2, 0) is 9.59 Å². The van der Waals surface area contributed by atoms with Crippen LogP contribution in [0.5, 0.6) is 0 Å². The van der Waals surface area contributed by atoms with Crippen LogP contribution in [-0.4, -0.2) is 23.3 Å². The Morgan fingerprint density at radius 3 is 2.22 bits per heavy atom. The van der Waals surface area contributed by atoms with Gasteiger partial charge < -0.3 is 10.6 Å². The van der Waals surface area contributed by atoms with Gasteiger partial charge in [0.15, 0.2) is 0 Å². The van der Waals surface area contributed by atoms with E-state index < -0.39 is 0 Å². The van der Waals surface area contributed by atoms with E-state index in [0.717, 1.165) is 68.5 Å². The monoisotopic (exact) mass is 369 g/mol. The minimum Gasteiger partial charge on any atom is -0.356 e. The molecule has 146 valence electrons. The van der Waals surface area contributed by atoms with E-state index in [1.54, 1.807) is 24.5 Å². The zero-order chi connectivity index (χ0) is 18.7. The number of unbranched alkanes of at least 4 members (excludes halogenated alkanes) is 2. The Bertz CT molecular complexity index is 638. The number of amides is 2. The first-order valence-electron chi connectivity index (χ1n) is 10.6. The molecule has 0 radical (unpaired) electrons. The molecule has 0 aliphatic heterocycles. The minimum absolute atomic E-state index is 0.0406. The fourth-order valence-corrected chi connectivity index (χ4v) is 6.02. The number of nitrogens with zero attached hydrogens (tertiary/aromatic N) is 1. The van der Waals surface area contributed by atoms with Crippen molar-refractivity contribution in [3.05, 3.63) is 24.5 Å². The van der Waals surface area contributed by atoms with Gasteiger partial charge in [0.25, 0.3) is 0 Å². The largest absolute Gasteiger partial charge is 0.356 e. The van der Waals surface area contributed by atoms with Crippen molar-refractivity contribution in [2.24, 2.45) is 23.2 Å². The third kappa shape index (κ3) is 4.33. The average molecular weight is 370 g/mol. The van der Waals surface area contributed by atoms with Crippen molar-refractivity contribution in [2.45, 2.75) is 64.2 Å². The van der Waals surface area contributed by atoms with Crippen LogP contribution in [0.15, 0.2) is 24.5 Å². The fraction of sp³-hybridized carbons (Fsp3) is 0.682. The first-order chi connectivity index (χ1) is 13.1. The molecule has 2 N–H and O–H groups in total. The Balaban J connectivity index is 1.12. The Morgan fingerprint density at radius 2 is 1.59 bits per heavy atom. The molecule has 5 rings (SSSR count). The van der Waals surface area contributed by atoms with Crippen LogP contribution in [0, 0.1) is 23.2 Å². The van der Waals surface area contributed by atoms with Gasteiger partial charge in [-0.25, -0.2) is 0 Å². The van der Waals surface area contributed by atoms with Crippen molar-refractivity contribution in [1.82, 2.24) is 10.3 Å². The average Bonchev–Trinajstić information content (AvgIpc) is 2.64. The number of anilines is 1. The van der Waals surface area contributed by atoms with Gasteiger partial charge in [-0.05, 0) is 81.3 Å². The molecule has 1 aromatic rings. The summed E-state index contributed by atoms with van der Waals surface area (Å²) in [7, 11) is 0. The van der Waals surface area contributed by atoms with Crippen LogP contribution in [0.2, 0.25) is 0 Å². The molecule has 0 spiro atoms. The number of aromatic nitrogens is 1. The molecule has 1 heterocycles. The molecule has 5 nitrogen and oxygen atoms in total. The summed E-state index contributed by atoms with van der Waals surface area (Å²) >= 11 is 0. The first-order valence-corrected chi connectivity index (χ1v) is 10.6. The lowest BCUT2D eigenvalue weighted by Gasteiger charge is -2.55. The van der Waals surface area contributed by atoms with E-state index in [1.807, 2.05) is 0 Å². The van der Waals surface area contributed by atoms with Gasteiger partial charge in [0.1, 0.15) is 0 Å². The van der Waals surface area contributed by atoms with Gasteiger partial charge in [-0.2, -0.15) is 0 Å². The van der Waals surface area contributed by atoms with Crippen LogP contribution < -0.4 is 10.6 Å². The second-order valence-electron chi connectivity index (χ2n) is 9.05. The van der Waals surface area contributed by atoms with E-state index in [0.29, 0.717) is 12.3 Å². The molecule has 4 saturated carbocycles. The normalized spacial score (nSPS) is 30.9. The molecule has 4 fully saturated rings. The first kappa shape index (κ1) is 18.5. The molecular formula is C22H31N3O2. The Hall–Kier alpha value is -1.91. The number of rotatable bonds is 8. The quantitative estimate of drug-likeness (QED) is 0.683. The summed E-state index contributed by atoms with van der Waals surface area (Å²) < 4.78 is 0. The van der Waals surface area contributed by atoms with E-state index >= 15 is 0 Å². The lowest BCUT2D eigenvalue weighted by Crippen LogP contribution is -2.53. The van der Waals surface area contributed by atoms with Crippen LogP contribution in [0.3, 0.4) is 0 Å². The van der Waals surface area contributed by atoms with Gasteiger partial charge in [-0.1, -0.05) is 6.42 Å². The SMILES string of the molecule is O=C(CCCCCNC(=O)C12CC3CC(CC(C3)C1)C2)Nc1ccncc1. The number of carbonyl (C=O) groups is 2. The molecule has 4 aliphatic carbocycles. The number of hydrogen-bond acceptors (Lipinski definition) is 3. The van der Waals surface area contributed by atoms with Crippen molar-refractivity contribution in [3.63, 3.8) is 0 Å². The Labute approximate surface area is 161 Å². The number of pyridine rings is 1. The molecule has 27 heavy (non-hydrogen) atoms. The van der Waals surface area contributed by atoms with Crippen LogP contribution >= 0.6 is 0 Å². The molecule has 0 aromatic carbocycles. The lowest BCUT2D eigenvalue weighted by molar-refractivity contribution is -0.146. The summed E-state index contributed by atoms with van der Waals surface area (Å²) in [6.07, 6.45) is 14.1. The van der Waals surface area contributed by atoms with Crippen molar-refractivity contribution < 1.29 is 9.59 Å². The molecule has 0 unspecified atom stereocenters. The van der Waals surface area contributed by atoms with Gasteiger partial charge >= 0.3 is 0 Å². The van der Waals surface area contributed by atoms with E-state index in [9.17, 15) is 9.59 Å². The molecule has 2 amide bonds. The summed E-state index contributed by atoms with van der Waals surface area (Å²) in [5, 5.41) is 6.10. The second-order valence-corrected chi connectivity index (χ2v) is 9.05.